The minimum Gasteiger partial charge on any atom is -0.481 e. The van der Waals surface area contributed by atoms with E-state index in [0.717, 1.165) is 44.3 Å². The van der Waals surface area contributed by atoms with E-state index in [-0.39, 0.29) is 43.1 Å². The van der Waals surface area contributed by atoms with Crippen LogP contribution in [0.25, 0.3) is 39.3 Å². The second-order valence-electron chi connectivity index (χ2n) is 13.1. The smallest absolute Gasteiger partial charge is 0.338 e. The molecule has 274 valence electrons. The van der Waals surface area contributed by atoms with Crippen molar-refractivity contribution in [1.82, 2.24) is 25.4 Å². The Morgan fingerprint density at radius 3 is 2.25 bits per heavy atom. The molecule has 0 saturated carbocycles. The summed E-state index contributed by atoms with van der Waals surface area (Å²) in [6.45, 7) is 13.5. The highest BCUT2D eigenvalue weighted by Crippen LogP contribution is 2.43. The number of nitrogens with one attached hydrogen (secondary N) is 3. The predicted octanol–water partition coefficient (Wildman–Crippen LogP) is 5.90. The molecule has 14 nitrogen and oxygen atoms in total. The third-order valence-corrected chi connectivity index (χ3v) is 9.97. The van der Waals surface area contributed by atoms with Gasteiger partial charge >= 0.3 is 23.9 Å². The van der Waals surface area contributed by atoms with E-state index in [2.05, 4.69) is 22.0 Å². The second kappa shape index (κ2) is 15.3. The minimum absolute atomic E-state index is 0.0157. The molecule has 5 heterocycles. The van der Waals surface area contributed by atoms with Gasteiger partial charge in [0.1, 0.15) is 6.04 Å². The SMILES string of the molecule is C=Cc1c(C)c2cc3nc(c(CCONC(CC(=O)O)C(=O)O)c4nc(cc5[nH]c(cc1[nH]2)c(C)c5CC)C(C)=C4C(=O)O)[C@@H](CCC(=O)O)[C@@H]3C. The zero-order chi connectivity index (χ0) is 38.0. The zero-order valence-electron chi connectivity index (χ0n) is 29.7. The van der Waals surface area contributed by atoms with E-state index in [1.807, 2.05) is 45.9 Å². The predicted molar refractivity (Wildman–Crippen MR) is 195 cm³/mol. The molecule has 0 amide bonds. The fourth-order valence-electron chi connectivity index (χ4n) is 7.11. The Balaban J connectivity index is 1.87. The van der Waals surface area contributed by atoms with E-state index in [4.69, 9.17) is 19.9 Å². The highest BCUT2D eigenvalue weighted by molar-refractivity contribution is 6.24. The number of carboxylic acid groups (broad SMARTS) is 4. The highest BCUT2D eigenvalue weighted by Gasteiger charge is 2.35. The third kappa shape index (κ3) is 7.39. The summed E-state index contributed by atoms with van der Waals surface area (Å²) in [5.41, 5.74) is 11.9. The number of aromatic amines is 2. The number of carbonyl (C=O) groups is 4. The van der Waals surface area contributed by atoms with Crippen LogP contribution in [0.1, 0.15) is 102 Å². The first kappa shape index (κ1) is 37.7. The molecule has 0 fully saturated rings. The van der Waals surface area contributed by atoms with Crippen molar-refractivity contribution in [3.05, 3.63) is 75.4 Å². The second-order valence-corrected chi connectivity index (χ2v) is 13.1. The summed E-state index contributed by atoms with van der Waals surface area (Å²) in [6, 6.07) is 4.23. The van der Waals surface area contributed by atoms with Gasteiger partial charge in [0.05, 0.1) is 30.0 Å². The summed E-state index contributed by atoms with van der Waals surface area (Å²) >= 11 is 0. The van der Waals surface area contributed by atoms with Gasteiger partial charge in [-0.25, -0.2) is 9.78 Å². The molecule has 0 aliphatic carbocycles. The Labute approximate surface area is 299 Å². The molecule has 3 atom stereocenters. The number of fused-ring (bicyclic) bond motifs is 8. The first-order valence-electron chi connectivity index (χ1n) is 17.0. The molecule has 8 bridgehead atoms. The summed E-state index contributed by atoms with van der Waals surface area (Å²) in [6.07, 6.45) is 1.75. The summed E-state index contributed by atoms with van der Waals surface area (Å²) in [5, 5.41) is 38.9. The van der Waals surface area contributed by atoms with Crippen LogP contribution in [-0.4, -0.2) is 76.9 Å². The topological polar surface area (TPSA) is 228 Å². The normalized spacial score (nSPS) is 16.2. The van der Waals surface area contributed by atoms with Crippen LogP contribution < -0.4 is 5.48 Å². The van der Waals surface area contributed by atoms with Crippen LogP contribution in [0.2, 0.25) is 0 Å². The number of nitrogens with zero attached hydrogens (tertiary/aromatic N) is 2. The van der Waals surface area contributed by atoms with Crippen LogP contribution in [0.4, 0.5) is 0 Å². The lowest BCUT2D eigenvalue weighted by Crippen LogP contribution is -2.38. The Kier molecular flexibility index (Phi) is 11.1. The molecular weight excluding hydrogens is 670 g/mol. The van der Waals surface area contributed by atoms with Crippen LogP contribution in [0.3, 0.4) is 0 Å². The van der Waals surface area contributed by atoms with Crippen LogP contribution in [0.5, 0.6) is 0 Å². The van der Waals surface area contributed by atoms with Gasteiger partial charge in [-0.05, 0) is 74.1 Å². The largest absolute Gasteiger partial charge is 0.481 e. The number of aliphatic carboxylic acids is 4. The summed E-state index contributed by atoms with van der Waals surface area (Å²) in [5.74, 6) is -5.72. The molecule has 5 rings (SSSR count). The number of allylic oxidation sites excluding steroid dienone is 1. The lowest BCUT2D eigenvalue weighted by atomic mass is 9.84. The number of hydrogen-bond donors (Lipinski definition) is 7. The lowest BCUT2D eigenvalue weighted by Gasteiger charge is -2.18. The first-order chi connectivity index (χ1) is 24.7. The van der Waals surface area contributed by atoms with Crippen molar-refractivity contribution in [2.24, 2.45) is 0 Å². The van der Waals surface area contributed by atoms with Gasteiger partial charge in [0.2, 0.25) is 0 Å². The van der Waals surface area contributed by atoms with Crippen LogP contribution in [0, 0.1) is 13.8 Å². The van der Waals surface area contributed by atoms with Crippen molar-refractivity contribution in [2.45, 2.75) is 84.6 Å². The number of hydrogen-bond acceptors (Lipinski definition) is 8. The Hall–Kier alpha value is -5.60. The third-order valence-electron chi connectivity index (χ3n) is 9.97. The molecule has 7 N–H and O–H groups in total. The summed E-state index contributed by atoms with van der Waals surface area (Å²) in [4.78, 5) is 70.1. The molecule has 0 aromatic carbocycles. The fourth-order valence-corrected chi connectivity index (χ4v) is 7.11. The maximum atomic E-state index is 13.0. The number of aryl methyl sites for hydroxylation is 3. The summed E-state index contributed by atoms with van der Waals surface area (Å²) in [7, 11) is 0. The van der Waals surface area contributed by atoms with Gasteiger partial charge in [-0.3, -0.25) is 19.4 Å². The van der Waals surface area contributed by atoms with Crippen molar-refractivity contribution in [3.8, 4) is 0 Å². The lowest BCUT2D eigenvalue weighted by molar-refractivity contribution is -0.150. The van der Waals surface area contributed by atoms with E-state index in [1.165, 1.54) is 0 Å². The van der Waals surface area contributed by atoms with E-state index in [1.54, 1.807) is 13.0 Å². The molecule has 3 aromatic rings. The van der Waals surface area contributed by atoms with E-state index in [9.17, 15) is 34.5 Å². The highest BCUT2D eigenvalue weighted by atomic mass is 16.6. The van der Waals surface area contributed by atoms with E-state index >= 15 is 0 Å². The van der Waals surface area contributed by atoms with Crippen molar-refractivity contribution in [2.75, 3.05) is 6.61 Å². The quantitative estimate of drug-likeness (QED) is 0.0766. The van der Waals surface area contributed by atoms with E-state index < -0.39 is 42.3 Å². The van der Waals surface area contributed by atoms with Gasteiger partial charge in [-0.15, -0.1) is 0 Å². The Morgan fingerprint density at radius 2 is 1.63 bits per heavy atom. The minimum atomic E-state index is -1.54. The summed E-state index contributed by atoms with van der Waals surface area (Å²) < 4.78 is 0. The molecule has 0 radical (unpaired) electrons. The van der Waals surface area contributed by atoms with Crippen molar-refractivity contribution < 1.29 is 44.4 Å². The average Bonchev–Trinajstić information content (AvgIpc) is 3.75. The van der Waals surface area contributed by atoms with Gasteiger partial charge in [0.25, 0.3) is 0 Å². The van der Waals surface area contributed by atoms with Crippen LogP contribution >= 0.6 is 0 Å². The van der Waals surface area contributed by atoms with Gasteiger partial charge in [0, 0.05) is 69.3 Å². The van der Waals surface area contributed by atoms with Gasteiger partial charge < -0.3 is 35.2 Å². The van der Waals surface area contributed by atoms with Crippen molar-refractivity contribution in [3.63, 3.8) is 0 Å². The monoisotopic (exact) mass is 713 g/mol. The average molecular weight is 714 g/mol. The van der Waals surface area contributed by atoms with E-state index in [0.29, 0.717) is 34.6 Å². The van der Waals surface area contributed by atoms with Crippen molar-refractivity contribution in [1.29, 1.82) is 0 Å². The Morgan fingerprint density at radius 1 is 0.942 bits per heavy atom. The molecular formula is C38H43N5O9. The molecule has 0 spiro atoms. The number of carboxylic acids is 4. The number of hydroxylamine groups is 1. The fraction of sp³-hybridized carbons (Fsp3) is 0.368. The van der Waals surface area contributed by atoms with Crippen LogP contribution in [-0.2, 0) is 36.9 Å². The standard InChI is InChI=1S/C38H43N5O9/c1-7-21-17(3)25-13-27-19(5)23(9-10-32(44)45)35(41-27)24(11-12-52-43-31(37(48)49)16-33(46)47)36-34(38(50)51)20(6)28(42-36)15-30-22(8-2)18(4)26(40-30)14-29(21)39-25/h7,13-15,19,23,31,39-40,43H,1,8-12,16H2,2-6H3,(H,44,45)(H,46,47)(H,48,49)(H,50,51)/t19-,23-,31?/m0/s1. The maximum absolute atomic E-state index is 13.0. The first-order valence-corrected chi connectivity index (χ1v) is 17.0. The molecule has 14 heteroatoms. The molecule has 1 unspecified atom stereocenters. The maximum Gasteiger partial charge on any atom is 0.338 e. The number of rotatable bonds is 14. The van der Waals surface area contributed by atoms with Crippen LogP contribution in [0.15, 0.2) is 24.8 Å². The van der Waals surface area contributed by atoms with Crippen molar-refractivity contribution >= 4 is 63.2 Å². The number of H-pyrrole nitrogens is 2. The molecule has 2 aliphatic heterocycles. The molecule has 52 heavy (non-hydrogen) atoms. The zero-order valence-corrected chi connectivity index (χ0v) is 29.7. The number of aromatic nitrogens is 4. The molecule has 3 aromatic heterocycles. The molecule has 2 aliphatic rings. The van der Waals surface area contributed by atoms with Gasteiger partial charge in [-0.1, -0.05) is 26.5 Å². The molecule has 0 saturated heterocycles. The van der Waals surface area contributed by atoms with Gasteiger partial charge in [-0.2, -0.15) is 5.48 Å². The Bertz CT molecular complexity index is 2180. The van der Waals surface area contributed by atoms with Gasteiger partial charge in [0.15, 0.2) is 0 Å².